The maximum Gasteiger partial charge on any atom is 0.179 e. The molecule has 0 radical (unpaired) electrons. The van der Waals surface area contributed by atoms with Crippen LogP contribution in [-0.2, 0) is 16.2 Å². The first kappa shape index (κ1) is 49.3. The Kier molecular flexibility index (Phi) is 12.7. The van der Waals surface area contributed by atoms with Gasteiger partial charge in [-0.15, -0.1) is 0 Å². The monoisotopic (exact) mass is 1010 g/mol. The van der Waals surface area contributed by atoms with E-state index in [0.29, 0.717) is 0 Å². The minimum atomic E-state index is -2.76. The summed E-state index contributed by atoms with van der Waals surface area (Å²) < 4.78 is 0. The molecule has 11 aromatic carbocycles. The molecule has 0 bridgehead atoms. The number of anilines is 3. The van der Waals surface area contributed by atoms with Crippen LogP contribution in [0.5, 0.6) is 0 Å². The fourth-order valence-corrected chi connectivity index (χ4v) is 17.0. The van der Waals surface area contributed by atoms with Gasteiger partial charge < -0.3 is 4.90 Å². The van der Waals surface area contributed by atoms with Gasteiger partial charge in [0.25, 0.3) is 0 Å². The summed E-state index contributed by atoms with van der Waals surface area (Å²) in [6, 6.07) is 107. The molecule has 0 spiro atoms. The second-order valence-electron chi connectivity index (χ2n) is 22.9. The van der Waals surface area contributed by atoms with Crippen LogP contribution < -0.4 is 25.6 Å². The van der Waals surface area contributed by atoms with Crippen molar-refractivity contribution in [3.63, 3.8) is 0 Å². The van der Waals surface area contributed by atoms with E-state index in [-0.39, 0.29) is 10.8 Å². The van der Waals surface area contributed by atoms with E-state index < -0.39 is 13.5 Å². The summed E-state index contributed by atoms with van der Waals surface area (Å²) in [5, 5.41) is 5.45. The average molecular weight is 1010 g/mol. The van der Waals surface area contributed by atoms with Gasteiger partial charge in [0.2, 0.25) is 0 Å². The van der Waals surface area contributed by atoms with Crippen LogP contribution in [0.1, 0.15) is 74.9 Å². The Bertz CT molecular complexity index is 3550. The highest BCUT2D eigenvalue weighted by Crippen LogP contribution is 2.56. The van der Waals surface area contributed by atoms with Crippen LogP contribution in [0.25, 0.3) is 33.4 Å². The molecule has 0 N–H and O–H groups in total. The van der Waals surface area contributed by atoms with Crippen molar-refractivity contribution in [2.24, 2.45) is 0 Å². The Hall–Kier alpha value is -8.56. The second kappa shape index (κ2) is 19.9. The van der Waals surface area contributed by atoms with E-state index in [4.69, 9.17) is 0 Å². The number of hydrogen-bond acceptors (Lipinski definition) is 1. The summed E-state index contributed by atoms with van der Waals surface area (Å²) >= 11 is 0. The fraction of sp³-hybridized carbons (Fsp3) is 0.120. The van der Waals surface area contributed by atoms with Crippen LogP contribution in [-0.4, -0.2) is 8.07 Å². The molecule has 2 heteroatoms. The SMILES string of the molecule is CC(C)(C)c1ccc(-c2ccc(N(c3ccc(-c4ccc(C(C)(C)C)cc4)cc3)c3ccc(C4(c5ccc([Si](c6ccccc6)(c6ccccc6)c6ccccc6)cc5)c5ccccc5-c5ccccc54)cc3)cc2)cc1. The summed E-state index contributed by atoms with van der Waals surface area (Å²) in [7, 11) is -2.76. The van der Waals surface area contributed by atoms with Gasteiger partial charge >= 0.3 is 0 Å². The largest absolute Gasteiger partial charge is 0.311 e. The highest BCUT2D eigenvalue weighted by Gasteiger charge is 2.47. The van der Waals surface area contributed by atoms with E-state index in [9.17, 15) is 0 Å². The summed E-state index contributed by atoms with van der Waals surface area (Å²) in [5.74, 6) is 0. The molecule has 0 amide bonds. The van der Waals surface area contributed by atoms with E-state index in [1.54, 1.807) is 0 Å². The number of rotatable bonds is 11. The third-order valence-electron chi connectivity index (χ3n) is 16.3. The minimum Gasteiger partial charge on any atom is -0.311 e. The molecule has 0 unspecified atom stereocenters. The summed E-state index contributed by atoms with van der Waals surface area (Å²) in [5.41, 5.74) is 18.0. The standard InChI is InChI=1S/C75H65NSi/c1-73(2,3)58-38-30-54(31-39-58)56-34-46-62(47-35-56)76(63-48-36-57(37-49-63)55-32-40-59(41-33-55)74(4,5)6)64-50-42-60(43-51-64)75(71-28-18-16-26-69(71)70-27-17-19-29-72(70)75)61-44-52-68(53-45-61)77(65-20-10-7-11-21-65,66-22-12-8-13-23-66)67-24-14-9-15-25-67/h7-53H,1-6H3. The van der Waals surface area contributed by atoms with Gasteiger partial charge in [-0.1, -0.05) is 290 Å². The van der Waals surface area contributed by atoms with Crippen LogP contribution >= 0.6 is 0 Å². The van der Waals surface area contributed by atoms with Crippen LogP contribution in [0.3, 0.4) is 0 Å². The van der Waals surface area contributed by atoms with Crippen molar-refractivity contribution in [2.45, 2.75) is 57.8 Å². The van der Waals surface area contributed by atoms with Crippen LogP contribution in [0.15, 0.2) is 285 Å². The van der Waals surface area contributed by atoms with Gasteiger partial charge in [0.15, 0.2) is 8.07 Å². The van der Waals surface area contributed by atoms with E-state index in [2.05, 4.69) is 332 Å². The maximum atomic E-state index is 2.46. The normalized spacial score (nSPS) is 12.9. The van der Waals surface area contributed by atoms with Gasteiger partial charge in [-0.2, -0.15) is 0 Å². The molecule has 0 saturated heterocycles. The topological polar surface area (TPSA) is 3.24 Å². The zero-order valence-electron chi connectivity index (χ0n) is 45.1. The summed E-state index contributed by atoms with van der Waals surface area (Å²) in [6.45, 7) is 13.6. The Balaban J connectivity index is 0.995. The molecule has 12 rings (SSSR count). The lowest BCUT2D eigenvalue weighted by Crippen LogP contribution is -2.74. The predicted molar refractivity (Wildman–Crippen MR) is 330 cm³/mol. The van der Waals surface area contributed by atoms with Gasteiger partial charge in [0, 0.05) is 17.1 Å². The first-order valence-corrected chi connectivity index (χ1v) is 29.2. The molecular weight excluding hydrogens is 943 g/mol. The van der Waals surface area contributed by atoms with Crippen molar-refractivity contribution in [3.8, 4) is 33.4 Å². The highest BCUT2D eigenvalue weighted by atomic mass is 28.3. The molecule has 0 aromatic heterocycles. The minimum absolute atomic E-state index is 0.0979. The molecule has 0 heterocycles. The lowest BCUT2D eigenvalue weighted by Gasteiger charge is -2.37. The Labute approximate surface area is 457 Å². The van der Waals surface area contributed by atoms with Gasteiger partial charge in [-0.3, -0.25) is 0 Å². The maximum absolute atomic E-state index is 2.76. The van der Waals surface area contributed by atoms with Gasteiger partial charge in [0.05, 0.1) is 5.41 Å². The van der Waals surface area contributed by atoms with Crippen LogP contribution in [0, 0.1) is 0 Å². The Morgan fingerprint density at radius 3 is 0.883 bits per heavy atom. The summed E-state index contributed by atoms with van der Waals surface area (Å²) in [4.78, 5) is 2.40. The molecule has 374 valence electrons. The molecule has 1 nitrogen and oxygen atoms in total. The molecule has 0 aliphatic heterocycles. The molecular formula is C75H65NSi. The highest BCUT2D eigenvalue weighted by molar-refractivity contribution is 7.19. The smallest absolute Gasteiger partial charge is 0.179 e. The molecule has 0 saturated carbocycles. The molecule has 1 aliphatic rings. The van der Waals surface area contributed by atoms with E-state index in [1.165, 1.54) is 87.5 Å². The average Bonchev–Trinajstić information content (AvgIpc) is 3.82. The molecule has 1 aliphatic carbocycles. The Morgan fingerprint density at radius 2 is 0.545 bits per heavy atom. The van der Waals surface area contributed by atoms with E-state index in [0.717, 1.165) is 17.1 Å². The quantitative estimate of drug-likeness (QED) is 0.0922. The lowest BCUT2D eigenvalue weighted by molar-refractivity contribution is 0.590. The zero-order valence-corrected chi connectivity index (χ0v) is 46.1. The number of benzene rings is 11. The fourth-order valence-electron chi connectivity index (χ4n) is 12.3. The van der Waals surface area contributed by atoms with Crippen molar-refractivity contribution in [3.05, 3.63) is 318 Å². The second-order valence-corrected chi connectivity index (χ2v) is 26.7. The summed E-state index contributed by atoms with van der Waals surface area (Å²) in [6.07, 6.45) is 0. The van der Waals surface area contributed by atoms with Crippen molar-refractivity contribution in [1.29, 1.82) is 0 Å². The molecule has 77 heavy (non-hydrogen) atoms. The molecule has 11 aromatic rings. The van der Waals surface area contributed by atoms with Crippen molar-refractivity contribution >= 4 is 45.9 Å². The third-order valence-corrected chi connectivity index (χ3v) is 21.1. The third kappa shape index (κ3) is 8.77. The van der Waals surface area contributed by atoms with Crippen molar-refractivity contribution in [2.75, 3.05) is 4.90 Å². The first-order chi connectivity index (χ1) is 37.4. The van der Waals surface area contributed by atoms with Crippen LogP contribution in [0.4, 0.5) is 17.1 Å². The van der Waals surface area contributed by atoms with Gasteiger partial charge in [-0.05, 0) is 135 Å². The van der Waals surface area contributed by atoms with Crippen molar-refractivity contribution < 1.29 is 0 Å². The zero-order chi connectivity index (χ0) is 52.8. The van der Waals surface area contributed by atoms with Crippen LogP contribution in [0.2, 0.25) is 0 Å². The van der Waals surface area contributed by atoms with Gasteiger partial charge in [-0.25, -0.2) is 0 Å². The first-order valence-electron chi connectivity index (χ1n) is 27.2. The number of hydrogen-bond donors (Lipinski definition) is 0. The van der Waals surface area contributed by atoms with E-state index >= 15 is 0 Å². The molecule has 0 atom stereocenters. The molecule has 0 fully saturated rings. The lowest BCUT2D eigenvalue weighted by atomic mass is 9.67. The van der Waals surface area contributed by atoms with Gasteiger partial charge in [0.1, 0.15) is 0 Å². The number of nitrogens with zero attached hydrogens (tertiary/aromatic N) is 1. The van der Waals surface area contributed by atoms with E-state index in [1.807, 2.05) is 0 Å². The van der Waals surface area contributed by atoms with Crippen molar-refractivity contribution in [1.82, 2.24) is 0 Å². The Morgan fingerprint density at radius 1 is 0.273 bits per heavy atom. The predicted octanol–water partition coefficient (Wildman–Crippen LogP) is 16.8. The number of fused-ring (bicyclic) bond motifs is 3.